The molecule has 0 bridgehead atoms. The normalized spacial score (nSPS) is 11.1. The van der Waals surface area contributed by atoms with Gasteiger partial charge in [0.15, 0.2) is 0 Å². The zero-order chi connectivity index (χ0) is 19.7. The number of nitrogens with zero attached hydrogens (tertiary/aromatic N) is 4. The smallest absolute Gasteiger partial charge is 0.309 e. The molecule has 2 aromatic carbocycles. The van der Waals surface area contributed by atoms with Gasteiger partial charge in [-0.2, -0.15) is 5.10 Å². The number of aryl methyl sites for hydroxylation is 2. The summed E-state index contributed by atoms with van der Waals surface area (Å²) in [7, 11) is 1.71. The Bertz CT molecular complexity index is 1200. The number of amides is 1. The lowest BCUT2D eigenvalue weighted by Gasteiger charge is -2.09. The molecule has 1 amide bonds. The molecule has 4 rings (SSSR count). The molecule has 1 N–H and O–H groups in total. The summed E-state index contributed by atoms with van der Waals surface area (Å²) in [5.41, 5.74) is 3.22. The minimum absolute atomic E-state index is 0.0598. The number of nitrogens with one attached hydrogen (secondary N) is 1. The Morgan fingerprint density at radius 2 is 1.71 bits per heavy atom. The number of para-hydroxylation sites is 2. The fraction of sp³-hybridized carbons (Fsp3) is 0.190. The fourth-order valence-electron chi connectivity index (χ4n) is 3.36. The Balaban J connectivity index is 1.57. The Labute approximate surface area is 161 Å². The van der Waals surface area contributed by atoms with Crippen molar-refractivity contribution in [3.05, 3.63) is 82.4 Å². The van der Waals surface area contributed by atoms with E-state index in [9.17, 15) is 9.59 Å². The third-order valence-corrected chi connectivity index (χ3v) is 4.70. The second kappa shape index (κ2) is 7.19. The molecule has 0 spiro atoms. The van der Waals surface area contributed by atoms with Crippen LogP contribution in [0.15, 0.2) is 65.5 Å². The Hall–Kier alpha value is -3.61. The Morgan fingerprint density at radius 3 is 2.46 bits per heavy atom. The standard InChI is InChI=1S/C21H21N5O2/c1-15-12-19(26(23-15)13-16-8-4-3-5-9-16)22-20(27)14-25-18-11-7-6-10-17(18)24(2)21(25)28/h3-12H,13-14H2,1-2H3,(H,22,27). The highest BCUT2D eigenvalue weighted by Crippen LogP contribution is 2.15. The predicted molar refractivity (Wildman–Crippen MR) is 108 cm³/mol. The zero-order valence-corrected chi connectivity index (χ0v) is 15.8. The molecule has 0 fully saturated rings. The van der Waals surface area contributed by atoms with Crippen LogP contribution < -0.4 is 11.0 Å². The van der Waals surface area contributed by atoms with Crippen LogP contribution in [0, 0.1) is 6.92 Å². The SMILES string of the molecule is Cc1cc(NC(=O)Cn2c(=O)n(C)c3ccccc32)n(Cc2ccccc2)n1. The molecule has 142 valence electrons. The van der Waals surface area contributed by atoms with Crippen LogP contribution in [0.25, 0.3) is 11.0 Å². The van der Waals surface area contributed by atoms with Crippen LogP contribution in [0.2, 0.25) is 0 Å². The highest BCUT2D eigenvalue weighted by atomic mass is 16.2. The maximum atomic E-state index is 12.7. The predicted octanol–water partition coefficient (Wildman–Crippen LogP) is 2.53. The molecular weight excluding hydrogens is 354 g/mol. The van der Waals surface area contributed by atoms with Gasteiger partial charge in [0.25, 0.3) is 0 Å². The number of imidazole rings is 1. The number of fused-ring (bicyclic) bond motifs is 1. The first kappa shape index (κ1) is 17.8. The number of benzene rings is 2. The third kappa shape index (κ3) is 3.34. The molecule has 0 aliphatic carbocycles. The van der Waals surface area contributed by atoms with Crippen LogP contribution in [0.1, 0.15) is 11.3 Å². The molecule has 0 unspecified atom stereocenters. The molecule has 0 aliphatic rings. The number of hydrogen-bond acceptors (Lipinski definition) is 3. The van der Waals surface area contributed by atoms with E-state index in [4.69, 9.17) is 0 Å². The first-order valence-corrected chi connectivity index (χ1v) is 9.05. The van der Waals surface area contributed by atoms with Gasteiger partial charge in [-0.25, -0.2) is 9.48 Å². The molecule has 0 saturated heterocycles. The molecule has 2 aromatic heterocycles. The van der Waals surface area contributed by atoms with Crippen molar-refractivity contribution in [2.75, 3.05) is 5.32 Å². The van der Waals surface area contributed by atoms with E-state index in [2.05, 4.69) is 10.4 Å². The van der Waals surface area contributed by atoms with Gasteiger partial charge < -0.3 is 5.32 Å². The minimum Gasteiger partial charge on any atom is -0.309 e. The van der Waals surface area contributed by atoms with Crippen LogP contribution >= 0.6 is 0 Å². The summed E-state index contributed by atoms with van der Waals surface area (Å²) in [6.45, 7) is 2.38. The molecule has 7 heteroatoms. The van der Waals surface area contributed by atoms with E-state index in [1.165, 1.54) is 4.57 Å². The van der Waals surface area contributed by atoms with Crippen molar-refractivity contribution in [3.63, 3.8) is 0 Å². The summed E-state index contributed by atoms with van der Waals surface area (Å²) in [6, 6.07) is 19.2. The first-order valence-electron chi connectivity index (χ1n) is 9.05. The van der Waals surface area contributed by atoms with Crippen LogP contribution in [0.5, 0.6) is 0 Å². The van der Waals surface area contributed by atoms with E-state index >= 15 is 0 Å². The second-order valence-electron chi connectivity index (χ2n) is 6.78. The van der Waals surface area contributed by atoms with Gasteiger partial charge in [-0.15, -0.1) is 0 Å². The number of rotatable bonds is 5. The number of carbonyl (C=O) groups is 1. The molecule has 0 radical (unpaired) electrons. The average molecular weight is 375 g/mol. The lowest BCUT2D eigenvalue weighted by Crippen LogP contribution is -2.29. The van der Waals surface area contributed by atoms with Crippen LogP contribution in [0.4, 0.5) is 5.82 Å². The van der Waals surface area contributed by atoms with Gasteiger partial charge in [-0.3, -0.25) is 13.9 Å². The first-order chi connectivity index (χ1) is 13.5. The Kier molecular flexibility index (Phi) is 4.57. The zero-order valence-electron chi connectivity index (χ0n) is 15.8. The molecule has 2 heterocycles. The van der Waals surface area contributed by atoms with E-state index < -0.39 is 0 Å². The lowest BCUT2D eigenvalue weighted by atomic mass is 10.2. The summed E-state index contributed by atoms with van der Waals surface area (Å²) in [5, 5.41) is 7.36. The van der Waals surface area contributed by atoms with Gasteiger partial charge in [0.05, 0.1) is 23.3 Å². The minimum atomic E-state index is -0.271. The molecule has 28 heavy (non-hydrogen) atoms. The summed E-state index contributed by atoms with van der Waals surface area (Å²) in [4.78, 5) is 25.2. The summed E-state index contributed by atoms with van der Waals surface area (Å²) in [6.07, 6.45) is 0. The average Bonchev–Trinajstić information content (AvgIpc) is 3.15. The molecule has 0 aliphatic heterocycles. The fourth-order valence-corrected chi connectivity index (χ4v) is 3.36. The van der Waals surface area contributed by atoms with Crippen molar-refractivity contribution >= 4 is 22.8 Å². The second-order valence-corrected chi connectivity index (χ2v) is 6.78. The number of hydrogen-bond donors (Lipinski definition) is 1. The molecule has 4 aromatic rings. The van der Waals surface area contributed by atoms with Crippen molar-refractivity contribution in [1.29, 1.82) is 0 Å². The van der Waals surface area contributed by atoms with Gasteiger partial charge in [0, 0.05) is 13.1 Å². The van der Waals surface area contributed by atoms with Crippen LogP contribution in [-0.4, -0.2) is 24.8 Å². The van der Waals surface area contributed by atoms with Crippen molar-refractivity contribution in [2.24, 2.45) is 7.05 Å². The quantitative estimate of drug-likeness (QED) is 0.583. The molecule has 7 nitrogen and oxygen atoms in total. The Morgan fingerprint density at radius 1 is 1.04 bits per heavy atom. The third-order valence-electron chi connectivity index (χ3n) is 4.70. The van der Waals surface area contributed by atoms with Crippen LogP contribution in [0.3, 0.4) is 0 Å². The highest BCUT2D eigenvalue weighted by Gasteiger charge is 2.15. The van der Waals surface area contributed by atoms with Crippen molar-refractivity contribution in [2.45, 2.75) is 20.0 Å². The highest BCUT2D eigenvalue weighted by molar-refractivity contribution is 5.91. The number of anilines is 1. The topological polar surface area (TPSA) is 73.8 Å². The van der Waals surface area contributed by atoms with E-state index in [1.807, 2.05) is 67.6 Å². The summed E-state index contributed by atoms with van der Waals surface area (Å²) < 4.78 is 4.79. The number of carbonyl (C=O) groups excluding carboxylic acids is 1. The molecule has 0 atom stereocenters. The summed E-state index contributed by atoms with van der Waals surface area (Å²) >= 11 is 0. The maximum Gasteiger partial charge on any atom is 0.329 e. The van der Waals surface area contributed by atoms with Gasteiger partial charge >= 0.3 is 5.69 Å². The van der Waals surface area contributed by atoms with E-state index in [0.717, 1.165) is 22.3 Å². The molecule has 0 saturated carbocycles. The monoisotopic (exact) mass is 375 g/mol. The molecular formula is C21H21N5O2. The van der Waals surface area contributed by atoms with Crippen molar-refractivity contribution < 1.29 is 4.79 Å². The van der Waals surface area contributed by atoms with Gasteiger partial charge in [0.1, 0.15) is 12.4 Å². The van der Waals surface area contributed by atoms with Crippen LogP contribution in [-0.2, 0) is 24.9 Å². The van der Waals surface area contributed by atoms with E-state index in [1.54, 1.807) is 16.3 Å². The lowest BCUT2D eigenvalue weighted by molar-refractivity contribution is -0.116. The largest absolute Gasteiger partial charge is 0.329 e. The van der Waals surface area contributed by atoms with E-state index in [0.29, 0.717) is 12.4 Å². The number of aromatic nitrogens is 4. The van der Waals surface area contributed by atoms with Gasteiger partial charge in [-0.05, 0) is 24.6 Å². The van der Waals surface area contributed by atoms with E-state index in [-0.39, 0.29) is 18.1 Å². The maximum absolute atomic E-state index is 12.7. The van der Waals surface area contributed by atoms with Gasteiger partial charge in [0.2, 0.25) is 5.91 Å². The van der Waals surface area contributed by atoms with Crippen molar-refractivity contribution in [1.82, 2.24) is 18.9 Å². The summed E-state index contributed by atoms with van der Waals surface area (Å²) in [5.74, 6) is 0.340. The van der Waals surface area contributed by atoms with Gasteiger partial charge in [-0.1, -0.05) is 42.5 Å². The van der Waals surface area contributed by atoms with Crippen molar-refractivity contribution in [3.8, 4) is 0 Å².